The van der Waals surface area contributed by atoms with Gasteiger partial charge in [0.1, 0.15) is 5.69 Å². The molecule has 2 aromatic rings. The quantitative estimate of drug-likeness (QED) is 0.879. The van der Waals surface area contributed by atoms with Gasteiger partial charge in [-0.3, -0.25) is 10.1 Å². The van der Waals surface area contributed by atoms with E-state index in [1.807, 2.05) is 5.10 Å². The van der Waals surface area contributed by atoms with Crippen molar-refractivity contribution in [1.29, 1.82) is 0 Å². The lowest BCUT2D eigenvalue weighted by molar-refractivity contribution is -0.141. The van der Waals surface area contributed by atoms with Gasteiger partial charge in [0, 0.05) is 17.5 Å². The SMILES string of the molecule is Cc1ncc(C(=O)O)cc1-c1cc(C(F)(F)F)[nH]n1. The van der Waals surface area contributed by atoms with Gasteiger partial charge in [0.15, 0.2) is 0 Å². The summed E-state index contributed by atoms with van der Waals surface area (Å²) in [5.74, 6) is -1.21. The monoisotopic (exact) mass is 271 g/mol. The minimum Gasteiger partial charge on any atom is -0.478 e. The number of alkyl halides is 3. The first-order chi connectivity index (χ1) is 8.79. The zero-order valence-electron chi connectivity index (χ0n) is 9.62. The molecular weight excluding hydrogens is 263 g/mol. The summed E-state index contributed by atoms with van der Waals surface area (Å²) in [7, 11) is 0. The summed E-state index contributed by atoms with van der Waals surface area (Å²) in [6, 6.07) is 2.05. The van der Waals surface area contributed by atoms with Gasteiger partial charge in [-0.05, 0) is 19.1 Å². The van der Waals surface area contributed by atoms with Gasteiger partial charge >= 0.3 is 12.1 Å². The second-order valence-corrected chi connectivity index (χ2v) is 3.83. The first kappa shape index (κ1) is 13.1. The van der Waals surface area contributed by atoms with Gasteiger partial charge in [0.25, 0.3) is 0 Å². The molecule has 0 fully saturated rings. The fourth-order valence-electron chi connectivity index (χ4n) is 1.51. The van der Waals surface area contributed by atoms with Crippen molar-refractivity contribution in [3.8, 4) is 11.3 Å². The van der Waals surface area contributed by atoms with Crippen molar-refractivity contribution in [2.45, 2.75) is 13.1 Å². The Labute approximate surface area is 105 Å². The first-order valence-electron chi connectivity index (χ1n) is 5.12. The van der Waals surface area contributed by atoms with Crippen LogP contribution in [0.5, 0.6) is 0 Å². The Hall–Kier alpha value is -2.38. The zero-order valence-corrected chi connectivity index (χ0v) is 9.62. The Kier molecular flexibility index (Phi) is 3.01. The molecule has 19 heavy (non-hydrogen) atoms. The number of aryl methyl sites for hydroxylation is 1. The van der Waals surface area contributed by atoms with E-state index in [1.165, 1.54) is 6.07 Å². The molecule has 0 aromatic carbocycles. The number of H-pyrrole nitrogens is 1. The molecule has 0 spiro atoms. The molecule has 2 rings (SSSR count). The van der Waals surface area contributed by atoms with Crippen molar-refractivity contribution >= 4 is 5.97 Å². The van der Waals surface area contributed by atoms with Crippen LogP contribution in [0, 0.1) is 6.92 Å². The molecule has 0 aliphatic carbocycles. The van der Waals surface area contributed by atoms with Crippen LogP contribution in [0.15, 0.2) is 18.3 Å². The van der Waals surface area contributed by atoms with Crippen LogP contribution in [-0.4, -0.2) is 26.3 Å². The number of nitrogens with one attached hydrogen (secondary N) is 1. The van der Waals surface area contributed by atoms with Crippen LogP contribution in [-0.2, 0) is 6.18 Å². The number of halogens is 3. The van der Waals surface area contributed by atoms with Crippen molar-refractivity contribution in [1.82, 2.24) is 15.2 Å². The van der Waals surface area contributed by atoms with E-state index < -0.39 is 17.8 Å². The summed E-state index contributed by atoms with van der Waals surface area (Å²) >= 11 is 0. The smallest absolute Gasteiger partial charge is 0.432 e. The van der Waals surface area contributed by atoms with E-state index in [9.17, 15) is 18.0 Å². The summed E-state index contributed by atoms with van der Waals surface area (Å²) in [6.45, 7) is 1.56. The lowest BCUT2D eigenvalue weighted by Crippen LogP contribution is -2.04. The molecule has 2 heterocycles. The number of aromatic nitrogens is 3. The summed E-state index contributed by atoms with van der Waals surface area (Å²) in [4.78, 5) is 14.6. The van der Waals surface area contributed by atoms with E-state index in [-0.39, 0.29) is 16.8 Å². The molecule has 0 saturated carbocycles. The maximum atomic E-state index is 12.4. The number of hydrogen-bond acceptors (Lipinski definition) is 3. The molecule has 0 atom stereocenters. The normalized spacial score (nSPS) is 11.6. The molecule has 0 radical (unpaired) electrons. The summed E-state index contributed by atoms with van der Waals surface area (Å²) < 4.78 is 37.3. The fourth-order valence-corrected chi connectivity index (χ4v) is 1.51. The van der Waals surface area contributed by atoms with Crippen LogP contribution in [0.1, 0.15) is 21.7 Å². The highest BCUT2D eigenvalue weighted by Gasteiger charge is 2.33. The molecule has 0 saturated heterocycles. The predicted octanol–water partition coefficient (Wildman–Crippen LogP) is 2.50. The minimum absolute atomic E-state index is 0.000394. The van der Waals surface area contributed by atoms with Crippen molar-refractivity contribution < 1.29 is 23.1 Å². The molecule has 100 valence electrons. The molecular formula is C11H8F3N3O2. The molecule has 8 heteroatoms. The van der Waals surface area contributed by atoms with Crippen molar-refractivity contribution in [3.63, 3.8) is 0 Å². The van der Waals surface area contributed by atoms with Gasteiger partial charge in [-0.1, -0.05) is 0 Å². The van der Waals surface area contributed by atoms with E-state index in [1.54, 1.807) is 6.92 Å². The van der Waals surface area contributed by atoms with Crippen molar-refractivity contribution in [2.24, 2.45) is 0 Å². The average molecular weight is 271 g/mol. The summed E-state index contributed by atoms with van der Waals surface area (Å²) in [5, 5.41) is 14.2. The summed E-state index contributed by atoms with van der Waals surface area (Å²) in [6.07, 6.45) is -3.39. The number of aromatic amines is 1. The van der Waals surface area contributed by atoms with Gasteiger partial charge in [-0.15, -0.1) is 0 Å². The molecule has 5 nitrogen and oxygen atoms in total. The van der Waals surface area contributed by atoms with E-state index >= 15 is 0 Å². The molecule has 0 bridgehead atoms. The maximum absolute atomic E-state index is 12.4. The van der Waals surface area contributed by atoms with Crippen molar-refractivity contribution in [2.75, 3.05) is 0 Å². The van der Waals surface area contributed by atoms with Gasteiger partial charge in [0.2, 0.25) is 0 Å². The third-order valence-corrected chi connectivity index (χ3v) is 2.49. The van der Waals surface area contributed by atoms with Crippen LogP contribution in [0.4, 0.5) is 13.2 Å². The lowest BCUT2D eigenvalue weighted by Gasteiger charge is -2.03. The van der Waals surface area contributed by atoms with Crippen LogP contribution >= 0.6 is 0 Å². The third-order valence-electron chi connectivity index (χ3n) is 2.49. The van der Waals surface area contributed by atoms with Crippen LogP contribution < -0.4 is 0 Å². The lowest BCUT2D eigenvalue weighted by atomic mass is 10.1. The average Bonchev–Trinajstić information content (AvgIpc) is 2.78. The predicted molar refractivity (Wildman–Crippen MR) is 58.5 cm³/mol. The Morgan fingerprint density at radius 1 is 1.37 bits per heavy atom. The fraction of sp³-hybridized carbons (Fsp3) is 0.182. The van der Waals surface area contributed by atoms with E-state index in [4.69, 9.17) is 5.11 Å². The van der Waals surface area contributed by atoms with Gasteiger partial charge < -0.3 is 5.11 Å². The minimum atomic E-state index is -4.53. The first-order valence-corrected chi connectivity index (χ1v) is 5.12. The number of carbonyl (C=O) groups is 1. The molecule has 0 aliphatic heterocycles. The number of nitrogens with zero attached hydrogens (tertiary/aromatic N) is 2. The number of aromatic carboxylic acids is 1. The second-order valence-electron chi connectivity index (χ2n) is 3.83. The second kappa shape index (κ2) is 4.38. The van der Waals surface area contributed by atoms with Gasteiger partial charge in [-0.25, -0.2) is 4.79 Å². The van der Waals surface area contributed by atoms with Gasteiger partial charge in [0.05, 0.1) is 11.3 Å². The zero-order chi connectivity index (χ0) is 14.2. The third kappa shape index (κ3) is 2.56. The highest BCUT2D eigenvalue weighted by atomic mass is 19.4. The Morgan fingerprint density at radius 3 is 2.58 bits per heavy atom. The van der Waals surface area contributed by atoms with E-state index in [0.29, 0.717) is 5.69 Å². The number of hydrogen-bond donors (Lipinski definition) is 2. The molecule has 0 unspecified atom stereocenters. The van der Waals surface area contributed by atoms with Crippen LogP contribution in [0.3, 0.4) is 0 Å². The number of rotatable bonds is 2. The Bertz CT molecular complexity index is 634. The van der Waals surface area contributed by atoms with E-state index in [2.05, 4.69) is 10.1 Å². The Balaban J connectivity index is 2.49. The number of carboxylic acids is 1. The van der Waals surface area contributed by atoms with Crippen molar-refractivity contribution in [3.05, 3.63) is 35.3 Å². The molecule has 0 aliphatic rings. The largest absolute Gasteiger partial charge is 0.478 e. The maximum Gasteiger partial charge on any atom is 0.432 e. The van der Waals surface area contributed by atoms with Crippen LogP contribution in [0.25, 0.3) is 11.3 Å². The number of carboxylic acid groups (broad SMARTS) is 1. The van der Waals surface area contributed by atoms with E-state index in [0.717, 1.165) is 12.3 Å². The summed E-state index contributed by atoms with van der Waals surface area (Å²) in [5.41, 5.74) is -0.475. The number of pyridine rings is 1. The standard InChI is InChI=1S/C11H8F3N3O2/c1-5-7(2-6(4-15-5)10(18)19)8-3-9(17-16-8)11(12,13)14/h2-4H,1H3,(H,16,17)(H,18,19). The van der Waals surface area contributed by atoms with Crippen LogP contribution in [0.2, 0.25) is 0 Å². The topological polar surface area (TPSA) is 78.9 Å². The van der Waals surface area contributed by atoms with Gasteiger partial charge in [-0.2, -0.15) is 18.3 Å². The highest BCUT2D eigenvalue weighted by molar-refractivity contribution is 5.89. The highest BCUT2D eigenvalue weighted by Crippen LogP contribution is 2.31. The molecule has 2 N–H and O–H groups in total. The molecule has 0 amide bonds. The molecule has 2 aromatic heterocycles. The Morgan fingerprint density at radius 2 is 2.05 bits per heavy atom.